The van der Waals surface area contributed by atoms with E-state index < -0.39 is 11.2 Å². The molecule has 3 unspecified atom stereocenters. The molecule has 0 bridgehead atoms. The number of anilines is 1. The van der Waals surface area contributed by atoms with Crippen molar-refractivity contribution in [3.8, 4) is 0 Å². The van der Waals surface area contributed by atoms with Crippen molar-refractivity contribution in [3.63, 3.8) is 0 Å². The van der Waals surface area contributed by atoms with Crippen LogP contribution in [0, 0.1) is 10.8 Å². The van der Waals surface area contributed by atoms with E-state index >= 15 is 0 Å². The van der Waals surface area contributed by atoms with Crippen LogP contribution in [0.15, 0.2) is 52.6 Å². The molecule has 200 valence electrons. The highest BCUT2D eigenvalue weighted by molar-refractivity contribution is 6.29. The topological polar surface area (TPSA) is 102 Å². The monoisotopic (exact) mass is 536 g/mol. The Morgan fingerprint density at radius 3 is 2.87 bits per heavy atom. The fraction of sp³-hybridized carbons (Fsp3) is 0.464. The van der Waals surface area contributed by atoms with Crippen LogP contribution in [0.4, 0.5) is 15.9 Å². The lowest BCUT2D eigenvalue weighted by Gasteiger charge is -2.47. The standard InChI is InChI=1S/C28H34ClFN8/c1-28(2)16-32-8-7-23(28)38(3)27-25-21(17-4-5-17)14-33-15-22(25)36-26(37-27)18-6-9-34-24(10-18)35-13-20(30)11-19(29)12-31/h6,9-15,17,19,23,27,31-32H,4-5,7-8,16H2,1-3H3,(H,36,37)/b20-11+,31-12?,35-13?. The SMILES string of the molecule is CN(C1N=C(c2ccnc(N=C/C(F)=C\C(Cl)C=N)c2)Nc2cncc(C3CC3)c21)C1CCNCC1(C)C. The second-order valence-corrected chi connectivity index (χ2v) is 11.4. The number of hydrogen-bond donors (Lipinski definition) is 3. The maximum absolute atomic E-state index is 14.1. The Morgan fingerprint density at radius 1 is 1.32 bits per heavy atom. The van der Waals surface area contributed by atoms with Gasteiger partial charge in [-0.2, -0.15) is 0 Å². The van der Waals surface area contributed by atoms with Crippen LogP contribution in [-0.2, 0) is 0 Å². The molecule has 38 heavy (non-hydrogen) atoms. The number of alkyl halides is 1. The van der Waals surface area contributed by atoms with Crippen molar-refractivity contribution in [1.29, 1.82) is 5.41 Å². The Labute approximate surface area is 228 Å². The quantitative estimate of drug-likeness (QED) is 0.311. The van der Waals surface area contributed by atoms with E-state index in [0.717, 1.165) is 49.3 Å². The van der Waals surface area contributed by atoms with Crippen LogP contribution in [0.1, 0.15) is 61.9 Å². The van der Waals surface area contributed by atoms with Crippen LogP contribution in [-0.4, -0.2) is 64.7 Å². The number of nitrogens with zero attached hydrogens (tertiary/aromatic N) is 5. The average molecular weight is 537 g/mol. The zero-order valence-corrected chi connectivity index (χ0v) is 22.7. The Balaban J connectivity index is 1.50. The number of hydrogen-bond acceptors (Lipinski definition) is 8. The van der Waals surface area contributed by atoms with Gasteiger partial charge in [0.25, 0.3) is 0 Å². The van der Waals surface area contributed by atoms with Gasteiger partial charge in [-0.25, -0.2) is 19.4 Å². The average Bonchev–Trinajstić information content (AvgIpc) is 3.76. The molecule has 1 saturated heterocycles. The van der Waals surface area contributed by atoms with Gasteiger partial charge >= 0.3 is 0 Å². The first-order valence-electron chi connectivity index (χ1n) is 13.0. The molecule has 0 aromatic carbocycles. The third kappa shape index (κ3) is 5.70. The van der Waals surface area contributed by atoms with E-state index in [1.165, 1.54) is 24.0 Å². The molecule has 2 aliphatic heterocycles. The van der Waals surface area contributed by atoms with Crippen LogP contribution in [0.5, 0.6) is 0 Å². The van der Waals surface area contributed by atoms with Crippen molar-refractivity contribution in [1.82, 2.24) is 20.2 Å². The lowest BCUT2D eigenvalue weighted by Crippen LogP contribution is -2.54. The van der Waals surface area contributed by atoms with Crippen LogP contribution >= 0.6 is 11.6 Å². The van der Waals surface area contributed by atoms with Crippen LogP contribution in [0.3, 0.4) is 0 Å². The molecule has 5 rings (SSSR count). The molecule has 2 aromatic heterocycles. The van der Waals surface area contributed by atoms with E-state index in [4.69, 9.17) is 22.0 Å². The lowest BCUT2D eigenvalue weighted by molar-refractivity contribution is 0.0497. The largest absolute Gasteiger partial charge is 0.338 e. The van der Waals surface area contributed by atoms with E-state index in [2.05, 4.69) is 51.4 Å². The number of aliphatic imine (C=N–C) groups is 2. The minimum absolute atomic E-state index is 0.0937. The summed E-state index contributed by atoms with van der Waals surface area (Å²) < 4.78 is 14.1. The van der Waals surface area contributed by atoms with Gasteiger partial charge in [0.05, 0.1) is 23.5 Å². The molecule has 0 spiro atoms. The Morgan fingerprint density at radius 2 is 2.13 bits per heavy atom. The molecule has 8 nitrogen and oxygen atoms in total. The van der Waals surface area contributed by atoms with Gasteiger partial charge in [0, 0.05) is 42.3 Å². The second-order valence-electron chi connectivity index (χ2n) is 10.9. The summed E-state index contributed by atoms with van der Waals surface area (Å²) in [6, 6.07) is 4.00. The number of aromatic nitrogens is 2. The van der Waals surface area contributed by atoms with Crippen molar-refractivity contribution < 1.29 is 4.39 Å². The highest BCUT2D eigenvalue weighted by Gasteiger charge is 2.41. The number of nitrogens with one attached hydrogen (secondary N) is 3. The maximum Gasteiger partial charge on any atom is 0.152 e. The number of fused-ring (bicyclic) bond motifs is 1. The van der Waals surface area contributed by atoms with Gasteiger partial charge in [0.15, 0.2) is 5.82 Å². The molecule has 3 aliphatic rings. The summed E-state index contributed by atoms with van der Waals surface area (Å²) in [7, 11) is 2.19. The molecular formula is C28H34ClFN8. The minimum atomic E-state index is -0.824. The number of rotatable bonds is 8. The van der Waals surface area contributed by atoms with Crippen molar-refractivity contribution in [2.45, 2.75) is 56.6 Å². The Kier molecular flexibility index (Phi) is 7.70. The normalized spacial score (nSPS) is 24.1. The van der Waals surface area contributed by atoms with E-state index in [9.17, 15) is 4.39 Å². The van der Waals surface area contributed by atoms with E-state index in [-0.39, 0.29) is 11.6 Å². The summed E-state index contributed by atoms with van der Waals surface area (Å²) >= 11 is 5.78. The molecular weight excluding hydrogens is 503 g/mol. The van der Waals surface area contributed by atoms with Crippen molar-refractivity contribution in [3.05, 3.63) is 59.3 Å². The van der Waals surface area contributed by atoms with E-state index in [1.54, 1.807) is 12.3 Å². The molecule has 0 amide bonds. The van der Waals surface area contributed by atoms with Gasteiger partial charge in [-0.15, -0.1) is 11.6 Å². The molecule has 0 radical (unpaired) electrons. The van der Waals surface area contributed by atoms with Crippen molar-refractivity contribution >= 4 is 41.4 Å². The van der Waals surface area contributed by atoms with Gasteiger partial charge < -0.3 is 16.0 Å². The molecule has 2 fully saturated rings. The Hall–Kier alpha value is -3.01. The van der Waals surface area contributed by atoms with Crippen molar-refractivity contribution in [2.75, 3.05) is 25.5 Å². The first kappa shape index (κ1) is 26.6. The number of amidine groups is 1. The lowest BCUT2D eigenvalue weighted by atomic mass is 9.78. The summed E-state index contributed by atoms with van der Waals surface area (Å²) in [6.45, 7) is 6.58. The molecule has 10 heteroatoms. The summed E-state index contributed by atoms with van der Waals surface area (Å²) in [6.07, 6.45) is 11.9. The molecule has 3 atom stereocenters. The van der Waals surface area contributed by atoms with Gasteiger partial charge in [-0.05, 0) is 68.0 Å². The Bertz CT molecular complexity index is 1290. The van der Waals surface area contributed by atoms with Crippen LogP contribution < -0.4 is 10.6 Å². The molecule has 1 saturated carbocycles. The zero-order valence-electron chi connectivity index (χ0n) is 22.0. The predicted molar refractivity (Wildman–Crippen MR) is 152 cm³/mol. The summed E-state index contributed by atoms with van der Waals surface area (Å²) in [5.41, 5.74) is 4.36. The number of piperidine rings is 1. The van der Waals surface area contributed by atoms with Gasteiger partial charge in [0.1, 0.15) is 17.8 Å². The zero-order chi connectivity index (χ0) is 26.9. The fourth-order valence-electron chi connectivity index (χ4n) is 5.47. The minimum Gasteiger partial charge on any atom is -0.338 e. The first-order chi connectivity index (χ1) is 18.3. The highest BCUT2D eigenvalue weighted by Crippen LogP contribution is 2.48. The smallest absolute Gasteiger partial charge is 0.152 e. The molecule has 1 aliphatic carbocycles. The van der Waals surface area contributed by atoms with E-state index in [0.29, 0.717) is 23.6 Å². The predicted octanol–water partition coefficient (Wildman–Crippen LogP) is 5.36. The summed E-state index contributed by atoms with van der Waals surface area (Å²) in [4.78, 5) is 20.7. The summed E-state index contributed by atoms with van der Waals surface area (Å²) in [5.74, 6) is 0.956. The van der Waals surface area contributed by atoms with Gasteiger partial charge in [-0.3, -0.25) is 9.88 Å². The number of pyridine rings is 2. The molecule has 4 heterocycles. The van der Waals surface area contributed by atoms with E-state index in [1.807, 2.05) is 18.5 Å². The third-order valence-electron chi connectivity index (χ3n) is 7.57. The number of allylic oxidation sites excluding steroid dienone is 2. The van der Waals surface area contributed by atoms with Crippen molar-refractivity contribution in [2.24, 2.45) is 15.4 Å². The highest BCUT2D eigenvalue weighted by atomic mass is 35.5. The number of halogens is 2. The van der Waals surface area contributed by atoms with Crippen LogP contribution in [0.2, 0.25) is 0 Å². The fourth-order valence-corrected chi connectivity index (χ4v) is 5.59. The molecule has 2 aromatic rings. The third-order valence-corrected chi connectivity index (χ3v) is 7.82. The molecule has 3 N–H and O–H groups in total. The van der Waals surface area contributed by atoms with Gasteiger partial charge in [0.2, 0.25) is 0 Å². The van der Waals surface area contributed by atoms with Crippen LogP contribution in [0.25, 0.3) is 0 Å². The van der Waals surface area contributed by atoms with Gasteiger partial charge in [-0.1, -0.05) is 13.8 Å². The second kappa shape index (κ2) is 11.0. The maximum atomic E-state index is 14.1. The summed E-state index contributed by atoms with van der Waals surface area (Å²) in [5, 5.41) is 13.3. The first-order valence-corrected chi connectivity index (χ1v) is 13.5.